The van der Waals surface area contributed by atoms with Crippen LogP contribution in [-0.2, 0) is 20.7 Å². The number of aryl methyl sites for hydroxylation is 1. The molecule has 8 heteroatoms. The molecule has 0 radical (unpaired) electrons. The van der Waals surface area contributed by atoms with Crippen molar-refractivity contribution in [3.63, 3.8) is 0 Å². The first-order chi connectivity index (χ1) is 17.4. The first-order valence-corrected chi connectivity index (χ1v) is 11.3. The molecule has 0 saturated heterocycles. The Kier molecular flexibility index (Phi) is 8.63. The van der Waals surface area contributed by atoms with Crippen LogP contribution >= 0.6 is 0 Å². The molecule has 3 aromatic rings. The molecule has 0 fully saturated rings. The third kappa shape index (κ3) is 6.40. The maximum absolute atomic E-state index is 12.5. The summed E-state index contributed by atoms with van der Waals surface area (Å²) in [5.74, 6) is -0.649. The van der Waals surface area contributed by atoms with Gasteiger partial charge in [0, 0.05) is 22.8 Å². The number of hydrogen-bond donors (Lipinski definition) is 1. The number of ether oxygens (including phenoxy) is 2. The molecule has 0 aliphatic heterocycles. The van der Waals surface area contributed by atoms with Crippen molar-refractivity contribution >= 4 is 23.6 Å². The fraction of sp³-hybridized carbons (Fsp3) is 0.214. The number of carbonyl (C=O) groups excluding carboxylic acids is 2. The Morgan fingerprint density at radius 3 is 2.36 bits per heavy atom. The number of nitrogens with one attached hydrogen (secondary N) is 1. The third-order valence-electron chi connectivity index (χ3n) is 5.37. The first kappa shape index (κ1) is 25.8. The number of carbonyl (C=O) groups is 2. The lowest BCUT2D eigenvalue weighted by Gasteiger charge is -2.11. The van der Waals surface area contributed by atoms with Gasteiger partial charge in [-0.15, -0.1) is 0 Å². The second-order valence-corrected chi connectivity index (χ2v) is 7.91. The van der Waals surface area contributed by atoms with Crippen molar-refractivity contribution in [3.05, 3.63) is 82.7 Å². The molecule has 2 aromatic carbocycles. The Labute approximate surface area is 210 Å². The number of rotatable bonds is 9. The smallest absolute Gasteiger partial charge is 0.349 e. The minimum absolute atomic E-state index is 0.212. The highest BCUT2D eigenvalue weighted by Gasteiger charge is 2.16. The highest BCUT2D eigenvalue weighted by Crippen LogP contribution is 2.24. The van der Waals surface area contributed by atoms with Crippen molar-refractivity contribution in [3.8, 4) is 23.6 Å². The maximum Gasteiger partial charge on any atom is 0.349 e. The van der Waals surface area contributed by atoms with E-state index in [-0.39, 0.29) is 12.0 Å². The van der Waals surface area contributed by atoms with Crippen molar-refractivity contribution in [2.24, 2.45) is 0 Å². The molecule has 1 heterocycles. The summed E-state index contributed by atoms with van der Waals surface area (Å²) in [6.07, 6.45) is 1.74. The van der Waals surface area contributed by atoms with Gasteiger partial charge in [-0.3, -0.25) is 4.79 Å². The summed E-state index contributed by atoms with van der Waals surface area (Å²) in [6, 6.07) is 20.2. The van der Waals surface area contributed by atoms with Gasteiger partial charge in [0.25, 0.3) is 5.91 Å². The Morgan fingerprint density at radius 2 is 1.75 bits per heavy atom. The van der Waals surface area contributed by atoms with E-state index in [4.69, 9.17) is 14.7 Å². The second-order valence-electron chi connectivity index (χ2n) is 7.91. The van der Waals surface area contributed by atoms with E-state index in [1.165, 1.54) is 6.08 Å². The number of nitriles is 2. The van der Waals surface area contributed by atoms with Crippen LogP contribution in [0, 0.1) is 36.5 Å². The van der Waals surface area contributed by atoms with Crippen molar-refractivity contribution in [2.45, 2.75) is 27.2 Å². The van der Waals surface area contributed by atoms with Gasteiger partial charge >= 0.3 is 5.97 Å². The average Bonchev–Trinajstić information content (AvgIpc) is 3.15. The van der Waals surface area contributed by atoms with Crippen LogP contribution in [0.1, 0.15) is 29.4 Å². The Morgan fingerprint density at radius 1 is 1.06 bits per heavy atom. The largest absolute Gasteiger partial charge is 0.494 e. The Balaban J connectivity index is 1.67. The van der Waals surface area contributed by atoms with Gasteiger partial charge in [-0.2, -0.15) is 10.5 Å². The van der Waals surface area contributed by atoms with Crippen LogP contribution < -0.4 is 10.1 Å². The standard InChI is InChI=1S/C28H26N4O4/c1-4-35-26-11-9-25(10-12-26)32-19(2)15-22(20(32)3)16-23(17-30)28(34)36-18-27(33)31-24-7-5-21(6-8-24)13-14-29/h5-12,15-16H,4,13,18H2,1-3H3,(H,31,33)/b23-16+. The van der Waals surface area contributed by atoms with Crippen LogP contribution in [-0.4, -0.2) is 29.7 Å². The predicted octanol–water partition coefficient (Wildman–Crippen LogP) is 4.65. The van der Waals surface area contributed by atoms with Crippen molar-refractivity contribution in [1.82, 2.24) is 4.57 Å². The molecule has 0 unspecified atom stereocenters. The van der Waals surface area contributed by atoms with E-state index >= 15 is 0 Å². The van der Waals surface area contributed by atoms with Gasteiger partial charge in [0.1, 0.15) is 17.4 Å². The van der Waals surface area contributed by atoms with E-state index in [9.17, 15) is 14.9 Å². The van der Waals surface area contributed by atoms with Gasteiger partial charge in [0.15, 0.2) is 6.61 Å². The number of amides is 1. The molecule has 0 bridgehead atoms. The molecule has 1 N–H and O–H groups in total. The topological polar surface area (TPSA) is 117 Å². The zero-order valence-corrected chi connectivity index (χ0v) is 20.4. The summed E-state index contributed by atoms with van der Waals surface area (Å²) < 4.78 is 12.6. The van der Waals surface area contributed by atoms with Gasteiger partial charge in [0.2, 0.25) is 0 Å². The van der Waals surface area contributed by atoms with Crippen LogP contribution in [0.25, 0.3) is 11.8 Å². The molecule has 36 heavy (non-hydrogen) atoms. The molecule has 182 valence electrons. The van der Waals surface area contributed by atoms with E-state index < -0.39 is 18.5 Å². The lowest BCUT2D eigenvalue weighted by molar-refractivity contribution is -0.142. The molecule has 3 rings (SSSR count). The van der Waals surface area contributed by atoms with E-state index in [1.54, 1.807) is 24.3 Å². The number of esters is 1. The third-order valence-corrected chi connectivity index (χ3v) is 5.37. The van der Waals surface area contributed by atoms with Crippen LogP contribution in [0.5, 0.6) is 5.75 Å². The lowest BCUT2D eigenvalue weighted by atomic mass is 10.1. The fourth-order valence-corrected chi connectivity index (χ4v) is 3.68. The number of anilines is 1. The minimum Gasteiger partial charge on any atom is -0.494 e. The van der Waals surface area contributed by atoms with Crippen molar-refractivity contribution < 1.29 is 19.1 Å². The molecule has 0 aliphatic carbocycles. The molecule has 8 nitrogen and oxygen atoms in total. The molecular formula is C28H26N4O4. The van der Waals surface area contributed by atoms with Gasteiger partial charge < -0.3 is 19.4 Å². The molecule has 1 aromatic heterocycles. The molecule has 0 aliphatic rings. The molecule has 0 atom stereocenters. The van der Waals surface area contributed by atoms with Crippen LogP contribution in [0.4, 0.5) is 5.69 Å². The van der Waals surface area contributed by atoms with Gasteiger partial charge in [0.05, 0.1) is 19.1 Å². The van der Waals surface area contributed by atoms with E-state index in [2.05, 4.69) is 11.4 Å². The van der Waals surface area contributed by atoms with Crippen molar-refractivity contribution in [2.75, 3.05) is 18.5 Å². The monoisotopic (exact) mass is 482 g/mol. The first-order valence-electron chi connectivity index (χ1n) is 11.3. The number of benzene rings is 2. The van der Waals surface area contributed by atoms with Crippen molar-refractivity contribution in [1.29, 1.82) is 10.5 Å². The zero-order chi connectivity index (χ0) is 26.1. The van der Waals surface area contributed by atoms with Gasteiger partial charge in [-0.1, -0.05) is 12.1 Å². The fourth-order valence-electron chi connectivity index (χ4n) is 3.68. The average molecular weight is 483 g/mol. The quantitative estimate of drug-likeness (QED) is 0.270. The number of nitrogens with zero attached hydrogens (tertiary/aromatic N) is 3. The normalized spacial score (nSPS) is 10.8. The van der Waals surface area contributed by atoms with E-state index in [0.29, 0.717) is 17.9 Å². The van der Waals surface area contributed by atoms with E-state index in [0.717, 1.165) is 28.4 Å². The number of aromatic nitrogens is 1. The van der Waals surface area contributed by atoms with E-state index in [1.807, 2.05) is 61.7 Å². The minimum atomic E-state index is -0.886. The summed E-state index contributed by atoms with van der Waals surface area (Å²) in [4.78, 5) is 24.6. The molecular weight excluding hydrogens is 456 g/mol. The zero-order valence-electron chi connectivity index (χ0n) is 20.4. The summed E-state index contributed by atoms with van der Waals surface area (Å²) in [5.41, 5.74) is 4.51. The lowest BCUT2D eigenvalue weighted by Crippen LogP contribution is -2.21. The molecule has 0 spiro atoms. The summed E-state index contributed by atoms with van der Waals surface area (Å²) in [5, 5.41) is 20.9. The highest BCUT2D eigenvalue weighted by molar-refractivity contribution is 6.00. The van der Waals surface area contributed by atoms with Crippen LogP contribution in [0.2, 0.25) is 0 Å². The summed E-state index contributed by atoms with van der Waals surface area (Å²) in [6.45, 7) is 5.80. The predicted molar refractivity (Wildman–Crippen MR) is 135 cm³/mol. The highest BCUT2D eigenvalue weighted by atomic mass is 16.5. The van der Waals surface area contributed by atoms with Crippen LogP contribution in [0.15, 0.2) is 60.2 Å². The molecule has 0 saturated carbocycles. The number of hydrogen-bond acceptors (Lipinski definition) is 6. The second kappa shape index (κ2) is 12.0. The SMILES string of the molecule is CCOc1ccc(-n2c(C)cc(/C=C(\C#N)C(=O)OCC(=O)Nc3ccc(CC#N)cc3)c2C)cc1. The van der Waals surface area contributed by atoms with Crippen LogP contribution in [0.3, 0.4) is 0 Å². The van der Waals surface area contributed by atoms with Gasteiger partial charge in [-0.25, -0.2) is 4.79 Å². The molecule has 1 amide bonds. The maximum atomic E-state index is 12.5. The summed E-state index contributed by atoms with van der Waals surface area (Å²) in [7, 11) is 0. The Bertz CT molecular complexity index is 1350. The van der Waals surface area contributed by atoms with Gasteiger partial charge in [-0.05, 0) is 80.4 Å². The Hall–Kier alpha value is -4.82. The summed E-state index contributed by atoms with van der Waals surface area (Å²) >= 11 is 0.